The van der Waals surface area contributed by atoms with Crippen LogP contribution in [0.2, 0.25) is 0 Å². The Morgan fingerprint density at radius 3 is 2.76 bits per heavy atom. The number of para-hydroxylation sites is 2. The second-order valence-corrected chi connectivity index (χ2v) is 8.26. The maximum absolute atomic E-state index is 10.4. The summed E-state index contributed by atoms with van der Waals surface area (Å²) in [5, 5.41) is 17.1. The molecule has 2 heterocycles. The van der Waals surface area contributed by atoms with E-state index in [-0.39, 0.29) is 12.6 Å². The van der Waals surface area contributed by atoms with E-state index < -0.39 is 6.10 Å². The zero-order valence-electron chi connectivity index (χ0n) is 16.5. The predicted molar refractivity (Wildman–Crippen MR) is 121 cm³/mol. The van der Waals surface area contributed by atoms with Crippen molar-refractivity contribution >= 4 is 22.2 Å². The molecule has 0 spiro atoms. The molecular formula is C24H26N2O2S. The van der Waals surface area contributed by atoms with Crippen LogP contribution in [0.1, 0.15) is 12.5 Å². The van der Waals surface area contributed by atoms with Gasteiger partial charge in [0.15, 0.2) is 0 Å². The van der Waals surface area contributed by atoms with Crippen LogP contribution in [-0.4, -0.2) is 35.4 Å². The van der Waals surface area contributed by atoms with Crippen molar-refractivity contribution in [1.82, 2.24) is 10.3 Å². The van der Waals surface area contributed by atoms with Gasteiger partial charge in [-0.3, -0.25) is 0 Å². The molecule has 4 aromatic rings. The van der Waals surface area contributed by atoms with Gasteiger partial charge in [-0.05, 0) is 48.6 Å². The van der Waals surface area contributed by atoms with Gasteiger partial charge in [0.25, 0.3) is 0 Å². The van der Waals surface area contributed by atoms with E-state index >= 15 is 0 Å². The van der Waals surface area contributed by atoms with Gasteiger partial charge in [0.2, 0.25) is 0 Å². The molecule has 4 rings (SSSR count). The SMILES string of the molecule is C[C@@H](Cc1c[nH]c2ccccc12)NC[C@H](O)COc1ccccc1-c1cccs1. The van der Waals surface area contributed by atoms with Crippen LogP contribution in [0.15, 0.2) is 72.2 Å². The number of aromatic nitrogens is 1. The van der Waals surface area contributed by atoms with E-state index in [2.05, 4.69) is 59.1 Å². The topological polar surface area (TPSA) is 57.3 Å². The average Bonchev–Trinajstić information content (AvgIpc) is 3.42. The zero-order chi connectivity index (χ0) is 20.1. The number of thiophene rings is 1. The number of hydrogen-bond donors (Lipinski definition) is 3. The first-order chi connectivity index (χ1) is 14.2. The van der Waals surface area contributed by atoms with E-state index in [4.69, 9.17) is 4.74 Å². The highest BCUT2D eigenvalue weighted by atomic mass is 32.1. The van der Waals surface area contributed by atoms with E-state index in [0.717, 1.165) is 23.3 Å². The fourth-order valence-corrected chi connectivity index (χ4v) is 4.27. The van der Waals surface area contributed by atoms with Crippen LogP contribution in [-0.2, 0) is 6.42 Å². The van der Waals surface area contributed by atoms with Crippen LogP contribution in [0.3, 0.4) is 0 Å². The van der Waals surface area contributed by atoms with E-state index in [0.29, 0.717) is 6.54 Å². The van der Waals surface area contributed by atoms with E-state index in [9.17, 15) is 5.11 Å². The number of aliphatic hydroxyl groups is 1. The van der Waals surface area contributed by atoms with Crippen LogP contribution in [0.25, 0.3) is 21.3 Å². The van der Waals surface area contributed by atoms with Crippen molar-refractivity contribution in [3.63, 3.8) is 0 Å². The van der Waals surface area contributed by atoms with Gasteiger partial charge in [0.1, 0.15) is 18.5 Å². The Balaban J connectivity index is 1.28. The number of fused-ring (bicyclic) bond motifs is 1. The van der Waals surface area contributed by atoms with Gasteiger partial charge < -0.3 is 20.1 Å². The lowest BCUT2D eigenvalue weighted by atomic mass is 10.1. The summed E-state index contributed by atoms with van der Waals surface area (Å²) in [6.07, 6.45) is 2.40. The van der Waals surface area contributed by atoms with E-state index in [1.807, 2.05) is 30.3 Å². The third kappa shape index (κ3) is 4.88. The van der Waals surface area contributed by atoms with Crippen molar-refractivity contribution in [2.75, 3.05) is 13.2 Å². The molecule has 0 unspecified atom stereocenters. The number of hydrogen-bond acceptors (Lipinski definition) is 4. The molecule has 4 nitrogen and oxygen atoms in total. The molecule has 5 heteroatoms. The summed E-state index contributed by atoms with van der Waals surface area (Å²) in [6.45, 7) is 2.89. The highest BCUT2D eigenvalue weighted by molar-refractivity contribution is 7.13. The van der Waals surface area contributed by atoms with Crippen molar-refractivity contribution in [2.24, 2.45) is 0 Å². The molecule has 0 saturated heterocycles. The number of nitrogens with one attached hydrogen (secondary N) is 2. The van der Waals surface area contributed by atoms with Gasteiger partial charge >= 0.3 is 0 Å². The van der Waals surface area contributed by atoms with Crippen LogP contribution >= 0.6 is 11.3 Å². The summed E-state index contributed by atoms with van der Waals surface area (Å²) in [5.74, 6) is 0.806. The van der Waals surface area contributed by atoms with Gasteiger partial charge in [-0.15, -0.1) is 11.3 Å². The molecule has 3 N–H and O–H groups in total. The average molecular weight is 407 g/mol. The summed E-state index contributed by atoms with van der Waals surface area (Å²) in [6, 6.07) is 20.7. The Morgan fingerprint density at radius 1 is 1.07 bits per heavy atom. The van der Waals surface area contributed by atoms with Crippen molar-refractivity contribution in [3.8, 4) is 16.2 Å². The van der Waals surface area contributed by atoms with Crippen molar-refractivity contribution in [1.29, 1.82) is 0 Å². The summed E-state index contributed by atoms with van der Waals surface area (Å²) < 4.78 is 5.93. The maximum atomic E-state index is 10.4. The first-order valence-electron chi connectivity index (χ1n) is 9.93. The second-order valence-electron chi connectivity index (χ2n) is 7.31. The molecule has 2 atom stereocenters. The normalized spacial score (nSPS) is 13.4. The number of aromatic amines is 1. The van der Waals surface area contributed by atoms with Crippen LogP contribution < -0.4 is 10.1 Å². The lowest BCUT2D eigenvalue weighted by Gasteiger charge is -2.18. The Labute approximate surface area is 175 Å². The monoisotopic (exact) mass is 406 g/mol. The molecule has 0 fully saturated rings. The largest absolute Gasteiger partial charge is 0.490 e. The standard InChI is InChI=1S/C24H26N2O2S/c1-17(13-18-14-26-22-9-4-2-7-20(18)22)25-15-19(27)16-28-23-10-5-3-8-21(23)24-11-6-12-29-24/h2-12,14,17,19,25-27H,13,15-16H2,1H3/t17-,19-/m0/s1. The molecule has 0 bridgehead atoms. The first-order valence-corrected chi connectivity index (χ1v) is 10.8. The van der Waals surface area contributed by atoms with Crippen molar-refractivity contribution in [3.05, 3.63) is 77.8 Å². The first kappa shape index (κ1) is 19.7. The molecule has 2 aromatic heterocycles. The molecular weight excluding hydrogens is 380 g/mol. The minimum atomic E-state index is -0.572. The lowest BCUT2D eigenvalue weighted by molar-refractivity contribution is 0.104. The molecule has 0 aliphatic carbocycles. The minimum Gasteiger partial charge on any atom is -0.490 e. The van der Waals surface area contributed by atoms with Crippen LogP contribution in [0.4, 0.5) is 0 Å². The molecule has 150 valence electrons. The van der Waals surface area contributed by atoms with Gasteiger partial charge in [0.05, 0.1) is 0 Å². The molecule has 0 aliphatic heterocycles. The number of ether oxygens (including phenoxy) is 1. The molecule has 0 aliphatic rings. The highest BCUT2D eigenvalue weighted by Crippen LogP contribution is 2.32. The summed E-state index contributed by atoms with van der Waals surface area (Å²) in [5.41, 5.74) is 3.51. The fourth-order valence-electron chi connectivity index (χ4n) is 3.51. The summed E-state index contributed by atoms with van der Waals surface area (Å²) in [7, 11) is 0. The Hall–Kier alpha value is -2.60. The van der Waals surface area contributed by atoms with E-state index in [1.165, 1.54) is 15.8 Å². The number of H-pyrrole nitrogens is 1. The zero-order valence-corrected chi connectivity index (χ0v) is 17.3. The third-order valence-corrected chi connectivity index (χ3v) is 5.91. The third-order valence-electron chi connectivity index (χ3n) is 5.01. The predicted octanol–water partition coefficient (Wildman–Crippen LogP) is 4.86. The number of rotatable bonds is 9. The van der Waals surface area contributed by atoms with Crippen molar-refractivity contribution in [2.45, 2.75) is 25.5 Å². The number of benzene rings is 2. The highest BCUT2D eigenvalue weighted by Gasteiger charge is 2.12. The van der Waals surface area contributed by atoms with Gasteiger partial charge in [-0.2, -0.15) is 0 Å². The Bertz CT molecular complexity index is 1040. The molecule has 2 aromatic carbocycles. The quantitative estimate of drug-likeness (QED) is 0.372. The van der Waals surface area contributed by atoms with Gasteiger partial charge in [-0.25, -0.2) is 0 Å². The lowest BCUT2D eigenvalue weighted by Crippen LogP contribution is -2.37. The van der Waals surface area contributed by atoms with Crippen LogP contribution in [0, 0.1) is 0 Å². The molecule has 0 amide bonds. The number of aliphatic hydroxyl groups excluding tert-OH is 1. The molecule has 29 heavy (non-hydrogen) atoms. The van der Waals surface area contributed by atoms with E-state index in [1.54, 1.807) is 11.3 Å². The summed E-state index contributed by atoms with van der Waals surface area (Å²) in [4.78, 5) is 4.48. The minimum absolute atomic E-state index is 0.252. The molecule has 0 saturated carbocycles. The fraction of sp³-hybridized carbons (Fsp3) is 0.250. The van der Waals surface area contributed by atoms with Gasteiger partial charge in [-0.1, -0.05) is 36.4 Å². The smallest absolute Gasteiger partial charge is 0.128 e. The Kier molecular flexibility index (Phi) is 6.30. The Morgan fingerprint density at radius 2 is 1.90 bits per heavy atom. The molecule has 0 radical (unpaired) electrons. The van der Waals surface area contributed by atoms with Gasteiger partial charge in [0, 0.05) is 40.1 Å². The maximum Gasteiger partial charge on any atom is 0.128 e. The second kappa shape index (κ2) is 9.27. The van der Waals surface area contributed by atoms with Crippen molar-refractivity contribution < 1.29 is 9.84 Å². The van der Waals surface area contributed by atoms with Crippen LogP contribution in [0.5, 0.6) is 5.75 Å². The summed E-state index contributed by atoms with van der Waals surface area (Å²) >= 11 is 1.68.